The van der Waals surface area contributed by atoms with Crippen LogP contribution in [-0.2, 0) is 11.3 Å². The van der Waals surface area contributed by atoms with Crippen molar-refractivity contribution < 1.29 is 14.6 Å². The fraction of sp³-hybridized carbons (Fsp3) is 0.304. The molecule has 6 nitrogen and oxygen atoms in total. The molecule has 1 fully saturated rings. The van der Waals surface area contributed by atoms with Crippen molar-refractivity contribution in [1.29, 1.82) is 0 Å². The van der Waals surface area contributed by atoms with Crippen molar-refractivity contribution in [3.63, 3.8) is 0 Å². The van der Waals surface area contributed by atoms with Crippen molar-refractivity contribution in [2.75, 3.05) is 26.2 Å². The molecule has 1 saturated heterocycles. The zero-order valence-corrected chi connectivity index (χ0v) is 18.5. The van der Waals surface area contributed by atoms with Gasteiger partial charge in [0.2, 0.25) is 5.91 Å². The Morgan fingerprint density at radius 1 is 1.39 bits per heavy atom. The van der Waals surface area contributed by atoms with Crippen LogP contribution in [0.4, 0.5) is 0 Å². The van der Waals surface area contributed by atoms with E-state index < -0.39 is 0 Å². The van der Waals surface area contributed by atoms with Gasteiger partial charge >= 0.3 is 0 Å². The molecule has 160 valence electrons. The lowest BCUT2D eigenvalue weighted by molar-refractivity contribution is -0.129. The summed E-state index contributed by atoms with van der Waals surface area (Å²) in [4.78, 5) is 20.8. The zero-order valence-electron chi connectivity index (χ0n) is 17.0. The quantitative estimate of drug-likeness (QED) is 0.549. The van der Waals surface area contributed by atoms with Crippen LogP contribution in [0, 0.1) is 11.8 Å². The first-order valence-electron chi connectivity index (χ1n) is 9.85. The number of amides is 1. The molecule has 31 heavy (non-hydrogen) atoms. The maximum absolute atomic E-state index is 12.1. The summed E-state index contributed by atoms with van der Waals surface area (Å²) in [6.07, 6.45) is 1.33. The molecule has 4 rings (SSSR count). The third kappa shape index (κ3) is 3.97. The second-order valence-corrected chi connectivity index (χ2v) is 8.15. The summed E-state index contributed by atoms with van der Waals surface area (Å²) in [6, 6.07) is 4.84. The molecule has 0 unspecified atom stereocenters. The highest BCUT2D eigenvalue weighted by molar-refractivity contribution is 6.37. The van der Waals surface area contributed by atoms with E-state index in [9.17, 15) is 9.90 Å². The predicted octanol–water partition coefficient (Wildman–Crippen LogP) is 3.72. The fourth-order valence-corrected chi connectivity index (χ4v) is 4.54. The van der Waals surface area contributed by atoms with Crippen LogP contribution in [-0.4, -0.2) is 58.1 Å². The van der Waals surface area contributed by atoms with Crippen molar-refractivity contribution in [1.82, 2.24) is 14.8 Å². The SMILES string of the molecule is C=CC(=O)N1CCN2Cc3c(C#CC)nc(-c4c(O)cccc4Cl)c(Cl)c3OC[C@H]2C1. The lowest BCUT2D eigenvalue weighted by atomic mass is 10.0. The van der Waals surface area contributed by atoms with Crippen LogP contribution in [0.1, 0.15) is 18.2 Å². The molecule has 2 aliphatic rings. The Bertz CT molecular complexity index is 1100. The predicted molar refractivity (Wildman–Crippen MR) is 120 cm³/mol. The van der Waals surface area contributed by atoms with Gasteiger partial charge in [0.05, 0.1) is 22.3 Å². The Morgan fingerprint density at radius 3 is 2.90 bits per heavy atom. The highest BCUT2D eigenvalue weighted by Gasteiger charge is 2.35. The van der Waals surface area contributed by atoms with Crippen molar-refractivity contribution in [2.45, 2.75) is 19.5 Å². The van der Waals surface area contributed by atoms with Crippen molar-refractivity contribution in [3.8, 4) is 34.6 Å². The molecule has 1 N–H and O–H groups in total. The van der Waals surface area contributed by atoms with Crippen LogP contribution in [0.2, 0.25) is 10.0 Å². The van der Waals surface area contributed by atoms with Crippen molar-refractivity contribution in [2.24, 2.45) is 0 Å². The van der Waals surface area contributed by atoms with Crippen LogP contribution in [0.5, 0.6) is 11.5 Å². The molecule has 1 atom stereocenters. The van der Waals surface area contributed by atoms with Gasteiger partial charge in [-0.2, -0.15) is 0 Å². The van der Waals surface area contributed by atoms with E-state index in [4.69, 9.17) is 27.9 Å². The molecular weight excluding hydrogens is 437 g/mol. The Balaban J connectivity index is 1.79. The van der Waals surface area contributed by atoms with E-state index in [1.807, 2.05) is 0 Å². The standard InChI is InChI=1S/C23H21Cl2N3O3/c1-3-6-17-15-12-27-9-10-28(19(30)4-2)11-14(27)13-31-23(15)21(25)22(26-17)20-16(24)7-5-8-18(20)29/h4-5,7-8,14,29H,2,9-13H2,1H3/t14-/m1/s1. The molecule has 0 saturated carbocycles. The number of phenolic OH excluding ortho intramolecular Hbond substituents is 1. The molecular formula is C23H21Cl2N3O3. The number of phenols is 1. The fourth-order valence-electron chi connectivity index (χ4n) is 3.98. The summed E-state index contributed by atoms with van der Waals surface area (Å²) in [5.41, 5.74) is 1.98. The average Bonchev–Trinajstić information content (AvgIpc) is 2.95. The number of fused-ring (bicyclic) bond motifs is 2. The first kappa shape index (κ1) is 21.5. The molecule has 0 spiro atoms. The average molecular weight is 458 g/mol. The third-order valence-corrected chi connectivity index (χ3v) is 6.20. The van der Waals surface area contributed by atoms with Crippen LogP contribution < -0.4 is 4.74 Å². The first-order valence-corrected chi connectivity index (χ1v) is 10.6. The highest BCUT2D eigenvalue weighted by Crippen LogP contribution is 2.45. The van der Waals surface area contributed by atoms with E-state index in [1.165, 1.54) is 12.1 Å². The minimum absolute atomic E-state index is 0.000665. The van der Waals surface area contributed by atoms with E-state index in [-0.39, 0.29) is 22.7 Å². The van der Waals surface area contributed by atoms with E-state index in [1.54, 1.807) is 24.0 Å². The minimum atomic E-state index is -0.0878. The van der Waals surface area contributed by atoms with Gasteiger partial charge < -0.3 is 14.7 Å². The van der Waals surface area contributed by atoms with Gasteiger partial charge in [-0.25, -0.2) is 4.98 Å². The van der Waals surface area contributed by atoms with Crippen LogP contribution >= 0.6 is 23.2 Å². The first-order chi connectivity index (χ1) is 14.9. The molecule has 2 aromatic rings. The second kappa shape index (κ2) is 8.80. The minimum Gasteiger partial charge on any atom is -0.507 e. The number of aromatic nitrogens is 1. The number of rotatable bonds is 2. The second-order valence-electron chi connectivity index (χ2n) is 7.36. The molecule has 1 aromatic heterocycles. The van der Waals surface area contributed by atoms with Gasteiger partial charge in [0.15, 0.2) is 0 Å². The molecule has 0 radical (unpaired) electrons. The van der Waals surface area contributed by atoms with Crippen LogP contribution in [0.25, 0.3) is 11.3 Å². The van der Waals surface area contributed by atoms with Crippen molar-refractivity contribution >= 4 is 29.1 Å². The number of aromatic hydroxyl groups is 1. The number of halogens is 2. The number of pyridine rings is 1. The zero-order chi connectivity index (χ0) is 22.1. The van der Waals surface area contributed by atoms with Gasteiger partial charge in [-0.1, -0.05) is 41.8 Å². The maximum Gasteiger partial charge on any atom is 0.246 e. The van der Waals surface area contributed by atoms with Crippen LogP contribution in [0.3, 0.4) is 0 Å². The van der Waals surface area contributed by atoms with E-state index >= 15 is 0 Å². The summed E-state index contributed by atoms with van der Waals surface area (Å²) in [5.74, 6) is 6.31. The Morgan fingerprint density at radius 2 is 2.19 bits per heavy atom. The number of hydrogen-bond acceptors (Lipinski definition) is 5. The van der Waals surface area contributed by atoms with Gasteiger partial charge in [0.25, 0.3) is 0 Å². The summed E-state index contributed by atoms with van der Waals surface area (Å²) in [5, 5.41) is 11.0. The summed E-state index contributed by atoms with van der Waals surface area (Å²) >= 11 is 13.1. The third-order valence-electron chi connectivity index (χ3n) is 5.53. The smallest absolute Gasteiger partial charge is 0.246 e. The molecule has 1 aromatic carbocycles. The molecule has 1 amide bonds. The summed E-state index contributed by atoms with van der Waals surface area (Å²) in [7, 11) is 0. The Hall–Kier alpha value is -2.72. The Kier molecular flexibility index (Phi) is 6.10. The van der Waals surface area contributed by atoms with E-state index in [2.05, 4.69) is 28.3 Å². The van der Waals surface area contributed by atoms with Gasteiger partial charge in [0.1, 0.15) is 28.8 Å². The summed E-state index contributed by atoms with van der Waals surface area (Å²) in [6.45, 7) is 8.04. The molecule has 0 aliphatic carbocycles. The topological polar surface area (TPSA) is 65.9 Å². The number of hydrogen-bond donors (Lipinski definition) is 1. The number of carbonyl (C=O) groups is 1. The molecule has 2 aliphatic heterocycles. The van der Waals surface area contributed by atoms with Crippen molar-refractivity contribution in [3.05, 3.63) is 52.2 Å². The number of nitrogens with zero attached hydrogens (tertiary/aromatic N) is 3. The highest BCUT2D eigenvalue weighted by atomic mass is 35.5. The molecule has 0 bridgehead atoms. The van der Waals surface area contributed by atoms with Gasteiger partial charge in [-0.15, -0.1) is 0 Å². The molecule has 8 heteroatoms. The molecule has 3 heterocycles. The largest absolute Gasteiger partial charge is 0.507 e. The number of piperazine rings is 1. The van der Waals surface area contributed by atoms with Gasteiger partial charge in [-0.3, -0.25) is 9.69 Å². The van der Waals surface area contributed by atoms with Gasteiger partial charge in [-0.05, 0) is 31.1 Å². The lowest BCUT2D eigenvalue weighted by Gasteiger charge is -2.39. The number of ether oxygens (including phenoxy) is 1. The maximum atomic E-state index is 12.1. The number of benzene rings is 1. The van der Waals surface area contributed by atoms with E-state index in [0.717, 1.165) is 5.56 Å². The van der Waals surface area contributed by atoms with Crippen LogP contribution in [0.15, 0.2) is 30.9 Å². The normalized spacial score (nSPS) is 18.0. The monoisotopic (exact) mass is 457 g/mol. The van der Waals surface area contributed by atoms with E-state index in [0.29, 0.717) is 60.5 Å². The summed E-state index contributed by atoms with van der Waals surface area (Å²) < 4.78 is 6.17. The Labute approximate surface area is 191 Å². The van der Waals surface area contributed by atoms with Gasteiger partial charge in [0, 0.05) is 31.7 Å². The lowest BCUT2D eigenvalue weighted by Crippen LogP contribution is -2.55. The number of carbonyl (C=O) groups excluding carboxylic acids is 1.